The fourth-order valence-electron chi connectivity index (χ4n) is 1.76. The van der Waals surface area contributed by atoms with Crippen molar-refractivity contribution in [3.63, 3.8) is 0 Å². The SMILES string of the molecule is C=CCC/C=C/CCNCCC(CC)CC. The van der Waals surface area contributed by atoms with Crippen LogP contribution >= 0.6 is 0 Å². The smallest absolute Gasteiger partial charge is 0.00143 e. The molecule has 0 rings (SSSR count). The Balaban J connectivity index is 3.20. The van der Waals surface area contributed by atoms with Gasteiger partial charge in [-0.2, -0.15) is 0 Å². The first-order valence-electron chi connectivity index (χ1n) is 6.81. The van der Waals surface area contributed by atoms with Crippen LogP contribution in [0.3, 0.4) is 0 Å². The maximum Gasteiger partial charge on any atom is -0.00143 e. The van der Waals surface area contributed by atoms with E-state index < -0.39 is 0 Å². The van der Waals surface area contributed by atoms with E-state index in [4.69, 9.17) is 0 Å². The van der Waals surface area contributed by atoms with Crippen molar-refractivity contribution in [1.29, 1.82) is 0 Å². The highest BCUT2D eigenvalue weighted by Gasteiger charge is 2.01. The van der Waals surface area contributed by atoms with Gasteiger partial charge in [0.05, 0.1) is 0 Å². The summed E-state index contributed by atoms with van der Waals surface area (Å²) >= 11 is 0. The van der Waals surface area contributed by atoms with Gasteiger partial charge >= 0.3 is 0 Å². The van der Waals surface area contributed by atoms with E-state index in [9.17, 15) is 0 Å². The summed E-state index contributed by atoms with van der Waals surface area (Å²) in [5.41, 5.74) is 0. The summed E-state index contributed by atoms with van der Waals surface area (Å²) in [6.07, 6.45) is 13.8. The van der Waals surface area contributed by atoms with Gasteiger partial charge in [0.2, 0.25) is 0 Å². The van der Waals surface area contributed by atoms with E-state index in [1.165, 1.54) is 25.8 Å². The van der Waals surface area contributed by atoms with Crippen LogP contribution in [0.25, 0.3) is 0 Å². The first-order chi connectivity index (χ1) is 7.85. The Morgan fingerprint density at radius 2 is 1.69 bits per heavy atom. The van der Waals surface area contributed by atoms with Gasteiger partial charge in [-0.3, -0.25) is 0 Å². The van der Waals surface area contributed by atoms with Crippen molar-refractivity contribution in [3.05, 3.63) is 24.8 Å². The minimum atomic E-state index is 0.913. The van der Waals surface area contributed by atoms with Gasteiger partial charge in [-0.1, -0.05) is 44.9 Å². The molecule has 0 spiro atoms. The normalized spacial score (nSPS) is 11.4. The van der Waals surface area contributed by atoms with E-state index in [1.54, 1.807) is 0 Å². The van der Waals surface area contributed by atoms with E-state index in [0.29, 0.717) is 0 Å². The van der Waals surface area contributed by atoms with Crippen LogP contribution in [0.5, 0.6) is 0 Å². The van der Waals surface area contributed by atoms with Crippen LogP contribution in [0.15, 0.2) is 24.8 Å². The van der Waals surface area contributed by atoms with Crippen molar-refractivity contribution < 1.29 is 0 Å². The zero-order valence-electron chi connectivity index (χ0n) is 11.2. The first kappa shape index (κ1) is 15.4. The number of rotatable bonds is 11. The monoisotopic (exact) mass is 223 g/mol. The second-order valence-electron chi connectivity index (χ2n) is 4.35. The summed E-state index contributed by atoms with van der Waals surface area (Å²) < 4.78 is 0. The fraction of sp³-hybridized carbons (Fsp3) is 0.733. The second-order valence-corrected chi connectivity index (χ2v) is 4.35. The molecule has 0 amide bonds. The first-order valence-corrected chi connectivity index (χ1v) is 6.81. The molecule has 0 aliphatic heterocycles. The Kier molecular flexibility index (Phi) is 12.1. The van der Waals surface area contributed by atoms with Crippen molar-refractivity contribution in [2.24, 2.45) is 5.92 Å². The highest BCUT2D eigenvalue weighted by Crippen LogP contribution is 2.10. The highest BCUT2D eigenvalue weighted by molar-refractivity contribution is 4.84. The summed E-state index contributed by atoms with van der Waals surface area (Å²) in [7, 11) is 0. The zero-order valence-corrected chi connectivity index (χ0v) is 11.2. The Morgan fingerprint density at radius 1 is 1.00 bits per heavy atom. The molecule has 1 nitrogen and oxygen atoms in total. The molecule has 0 heterocycles. The molecule has 0 fully saturated rings. The minimum Gasteiger partial charge on any atom is -0.316 e. The van der Waals surface area contributed by atoms with Gasteiger partial charge in [-0.25, -0.2) is 0 Å². The molecular formula is C15H29N. The lowest BCUT2D eigenvalue weighted by atomic mass is 10.00. The summed E-state index contributed by atoms with van der Waals surface area (Å²) in [5, 5.41) is 3.50. The molecule has 0 saturated carbocycles. The molecule has 94 valence electrons. The van der Waals surface area contributed by atoms with Gasteiger partial charge in [0.1, 0.15) is 0 Å². The molecule has 0 aliphatic carbocycles. The lowest BCUT2D eigenvalue weighted by Crippen LogP contribution is -2.18. The predicted molar refractivity (Wildman–Crippen MR) is 74.7 cm³/mol. The molecule has 0 saturated heterocycles. The molecule has 16 heavy (non-hydrogen) atoms. The largest absolute Gasteiger partial charge is 0.316 e. The van der Waals surface area contributed by atoms with Crippen molar-refractivity contribution >= 4 is 0 Å². The number of hydrogen-bond acceptors (Lipinski definition) is 1. The second kappa shape index (κ2) is 12.5. The van der Waals surface area contributed by atoms with E-state index in [1.807, 2.05) is 6.08 Å². The standard InChI is InChI=1S/C15H29N/c1-4-7-8-9-10-11-13-16-14-12-15(5-2)6-3/h4,9-10,15-16H,1,5-8,11-14H2,2-3H3/b10-9+. The van der Waals surface area contributed by atoms with Gasteiger partial charge in [0.15, 0.2) is 0 Å². The molecule has 0 unspecified atom stereocenters. The summed E-state index contributed by atoms with van der Waals surface area (Å²) in [4.78, 5) is 0. The molecule has 1 heteroatoms. The summed E-state index contributed by atoms with van der Waals surface area (Å²) in [6.45, 7) is 10.6. The topological polar surface area (TPSA) is 12.0 Å². The lowest BCUT2D eigenvalue weighted by Gasteiger charge is -2.11. The van der Waals surface area contributed by atoms with Crippen molar-refractivity contribution in [3.8, 4) is 0 Å². The number of unbranched alkanes of at least 4 members (excludes halogenated alkanes) is 1. The van der Waals surface area contributed by atoms with E-state index in [-0.39, 0.29) is 0 Å². The van der Waals surface area contributed by atoms with E-state index in [0.717, 1.165) is 31.7 Å². The molecular weight excluding hydrogens is 194 g/mol. The van der Waals surface area contributed by atoms with Crippen LogP contribution in [0.1, 0.15) is 52.4 Å². The van der Waals surface area contributed by atoms with Crippen LogP contribution in [0.4, 0.5) is 0 Å². The van der Waals surface area contributed by atoms with E-state index in [2.05, 4.69) is 37.9 Å². The number of nitrogens with one attached hydrogen (secondary N) is 1. The van der Waals surface area contributed by atoms with Crippen molar-refractivity contribution in [2.45, 2.75) is 52.4 Å². The molecule has 0 aromatic heterocycles. The van der Waals surface area contributed by atoms with Crippen LogP contribution in [0.2, 0.25) is 0 Å². The number of allylic oxidation sites excluding steroid dienone is 2. The zero-order chi connectivity index (χ0) is 12.1. The Bertz CT molecular complexity index is 168. The van der Waals surface area contributed by atoms with Gasteiger partial charge in [0.25, 0.3) is 0 Å². The number of hydrogen-bond donors (Lipinski definition) is 1. The summed E-state index contributed by atoms with van der Waals surface area (Å²) in [5.74, 6) is 0.913. The molecule has 0 aromatic rings. The molecule has 0 atom stereocenters. The third-order valence-electron chi connectivity index (χ3n) is 3.08. The van der Waals surface area contributed by atoms with Gasteiger partial charge in [-0.05, 0) is 44.7 Å². The molecule has 1 N–H and O–H groups in total. The van der Waals surface area contributed by atoms with Crippen molar-refractivity contribution in [1.82, 2.24) is 5.32 Å². The third kappa shape index (κ3) is 9.97. The summed E-state index contributed by atoms with van der Waals surface area (Å²) in [6, 6.07) is 0. The predicted octanol–water partition coefficient (Wildman–Crippen LogP) is 4.31. The highest BCUT2D eigenvalue weighted by atomic mass is 14.8. The van der Waals surface area contributed by atoms with Crippen LogP contribution < -0.4 is 5.32 Å². The Hall–Kier alpha value is -0.560. The average Bonchev–Trinajstić information content (AvgIpc) is 2.32. The Labute approximate surface area is 102 Å². The molecule has 0 radical (unpaired) electrons. The van der Waals surface area contributed by atoms with E-state index >= 15 is 0 Å². The lowest BCUT2D eigenvalue weighted by molar-refractivity contribution is 0.440. The molecule has 0 aliphatic rings. The van der Waals surface area contributed by atoms with Crippen molar-refractivity contribution in [2.75, 3.05) is 13.1 Å². The van der Waals surface area contributed by atoms with Gasteiger partial charge in [-0.15, -0.1) is 6.58 Å². The van der Waals surface area contributed by atoms with Crippen LogP contribution in [-0.4, -0.2) is 13.1 Å². The maximum atomic E-state index is 3.71. The molecule has 0 aromatic carbocycles. The quantitative estimate of drug-likeness (QED) is 0.406. The minimum absolute atomic E-state index is 0.913. The van der Waals surface area contributed by atoms with Gasteiger partial charge in [0, 0.05) is 0 Å². The van der Waals surface area contributed by atoms with Crippen LogP contribution in [-0.2, 0) is 0 Å². The van der Waals surface area contributed by atoms with Gasteiger partial charge < -0.3 is 5.32 Å². The maximum absolute atomic E-state index is 3.71. The average molecular weight is 223 g/mol. The third-order valence-corrected chi connectivity index (χ3v) is 3.08. The molecule has 0 bridgehead atoms. The van der Waals surface area contributed by atoms with Crippen LogP contribution in [0, 0.1) is 5.92 Å². The Morgan fingerprint density at radius 3 is 2.31 bits per heavy atom. The fourth-order valence-corrected chi connectivity index (χ4v) is 1.76.